The number of rotatable bonds is 5. The average Bonchev–Trinajstić information content (AvgIpc) is 3.19. The minimum atomic E-state index is -0.920. The molecule has 0 unspecified atom stereocenters. The Morgan fingerprint density at radius 2 is 1.84 bits per heavy atom. The van der Waals surface area contributed by atoms with Crippen LogP contribution < -0.4 is 20.2 Å². The predicted molar refractivity (Wildman–Crippen MR) is 140 cm³/mol. The van der Waals surface area contributed by atoms with Crippen LogP contribution >= 0.6 is 11.3 Å². The van der Waals surface area contributed by atoms with Gasteiger partial charge in [0.1, 0.15) is 5.82 Å². The number of amides is 1. The lowest BCUT2D eigenvalue weighted by Gasteiger charge is -2.25. The van der Waals surface area contributed by atoms with Crippen LogP contribution in [0.15, 0.2) is 93.9 Å². The van der Waals surface area contributed by atoms with E-state index in [0.717, 1.165) is 17.4 Å². The Balaban J connectivity index is 1.69. The van der Waals surface area contributed by atoms with Crippen molar-refractivity contribution in [3.8, 4) is 5.75 Å². The van der Waals surface area contributed by atoms with Gasteiger partial charge in [-0.2, -0.15) is 0 Å². The summed E-state index contributed by atoms with van der Waals surface area (Å²) in [5.74, 6) is -1.52. The summed E-state index contributed by atoms with van der Waals surface area (Å²) in [6, 6.07) is 17.4. The van der Waals surface area contributed by atoms with E-state index >= 15 is 0 Å². The number of hydrogen-bond donors (Lipinski definition) is 2. The highest BCUT2D eigenvalue weighted by atomic mass is 32.1. The number of nitro benzene ring substituents is 1. The zero-order valence-electron chi connectivity index (χ0n) is 19.8. The van der Waals surface area contributed by atoms with E-state index in [2.05, 4.69) is 10.3 Å². The van der Waals surface area contributed by atoms with Crippen LogP contribution in [0.2, 0.25) is 0 Å². The van der Waals surface area contributed by atoms with E-state index in [1.807, 2.05) is 6.07 Å². The summed E-state index contributed by atoms with van der Waals surface area (Å²) in [4.78, 5) is 42.4. The molecule has 1 aliphatic heterocycles. The first-order valence-electron chi connectivity index (χ1n) is 11.4. The molecule has 0 spiro atoms. The number of nitrogens with one attached hydrogen (secondary N) is 1. The first-order chi connectivity index (χ1) is 18.2. The Morgan fingerprint density at radius 1 is 1.13 bits per heavy atom. The number of halogens is 1. The van der Waals surface area contributed by atoms with Crippen molar-refractivity contribution in [1.29, 1.82) is 0 Å². The van der Waals surface area contributed by atoms with Gasteiger partial charge in [0.25, 0.3) is 11.5 Å². The highest BCUT2D eigenvalue weighted by molar-refractivity contribution is 7.07. The zero-order valence-corrected chi connectivity index (χ0v) is 20.6. The van der Waals surface area contributed by atoms with E-state index < -0.39 is 39.7 Å². The summed E-state index contributed by atoms with van der Waals surface area (Å²) in [5, 5.41) is 24.4. The topological polar surface area (TPSA) is 127 Å². The first kappa shape index (κ1) is 24.8. The second-order valence-electron chi connectivity index (χ2n) is 8.43. The predicted octanol–water partition coefficient (Wildman–Crippen LogP) is 3.63. The molecule has 4 aromatic rings. The molecule has 0 bridgehead atoms. The van der Waals surface area contributed by atoms with Crippen molar-refractivity contribution >= 4 is 34.7 Å². The molecule has 11 heteroatoms. The van der Waals surface area contributed by atoms with Crippen molar-refractivity contribution in [3.63, 3.8) is 0 Å². The highest BCUT2D eigenvalue weighted by Gasteiger charge is 2.32. The minimum absolute atomic E-state index is 0.0838. The lowest BCUT2D eigenvalue weighted by molar-refractivity contribution is -0.385. The van der Waals surface area contributed by atoms with Gasteiger partial charge >= 0.3 is 5.69 Å². The maximum atomic E-state index is 13.8. The van der Waals surface area contributed by atoms with Crippen molar-refractivity contribution in [2.45, 2.75) is 13.0 Å². The van der Waals surface area contributed by atoms with Gasteiger partial charge in [-0.25, -0.2) is 9.38 Å². The number of benzene rings is 3. The number of aromatic hydroxyl groups is 1. The molecule has 1 amide bonds. The van der Waals surface area contributed by atoms with Gasteiger partial charge in [0, 0.05) is 17.3 Å². The molecule has 3 aromatic carbocycles. The smallest absolute Gasteiger partial charge is 0.311 e. The average molecular weight is 531 g/mol. The standard InChI is InChI=1S/C27H19FN4O5S/c1-15-22(25(34)30-19-7-3-2-4-8-19)23(16-10-12-18(28)13-11-16)31-26(35)21(38-27(31)29-15)14-17-6-5-9-20(24(17)33)32(36)37/h2-14,23,33H,1H3,(H,30,34)/t23-/m1/s1. The molecule has 2 N–H and O–H groups in total. The number of hydrogen-bond acceptors (Lipinski definition) is 7. The van der Waals surface area contributed by atoms with Crippen LogP contribution in [0, 0.1) is 15.9 Å². The number of phenolic OH excluding ortho intramolecular Hbond substituents is 1. The van der Waals surface area contributed by atoms with Gasteiger partial charge in [-0.3, -0.25) is 24.3 Å². The normalized spacial score (nSPS) is 15.1. The molecule has 9 nitrogen and oxygen atoms in total. The van der Waals surface area contributed by atoms with Crippen LogP contribution in [0.25, 0.3) is 6.08 Å². The summed E-state index contributed by atoms with van der Waals surface area (Å²) in [6.45, 7) is 1.65. The van der Waals surface area contributed by atoms with E-state index in [4.69, 9.17) is 0 Å². The summed E-state index contributed by atoms with van der Waals surface area (Å²) < 4.78 is 15.3. The third kappa shape index (κ3) is 4.50. The van der Waals surface area contributed by atoms with Crippen molar-refractivity contribution in [2.75, 3.05) is 5.32 Å². The molecule has 1 aliphatic rings. The van der Waals surface area contributed by atoms with Crippen molar-refractivity contribution in [1.82, 2.24) is 4.57 Å². The molecule has 0 saturated heterocycles. The maximum Gasteiger partial charge on any atom is 0.311 e. The van der Waals surface area contributed by atoms with E-state index in [-0.39, 0.29) is 20.5 Å². The molecule has 0 aliphatic carbocycles. The van der Waals surface area contributed by atoms with Gasteiger partial charge < -0.3 is 10.4 Å². The van der Waals surface area contributed by atoms with Gasteiger partial charge in [-0.05, 0) is 42.8 Å². The number of phenols is 1. The third-order valence-electron chi connectivity index (χ3n) is 6.01. The zero-order chi connectivity index (χ0) is 27.0. The number of nitrogens with zero attached hydrogens (tertiary/aromatic N) is 3. The van der Waals surface area contributed by atoms with Crippen LogP contribution in [0.3, 0.4) is 0 Å². The molecular formula is C27H19FN4O5S. The molecule has 0 fully saturated rings. The quantitative estimate of drug-likeness (QED) is 0.301. The lowest BCUT2D eigenvalue weighted by atomic mass is 9.95. The largest absolute Gasteiger partial charge is 0.502 e. The molecule has 5 rings (SSSR count). The molecular weight excluding hydrogens is 511 g/mol. The van der Waals surface area contributed by atoms with Gasteiger partial charge in [-0.1, -0.05) is 53.8 Å². The summed E-state index contributed by atoms with van der Waals surface area (Å²) in [5.41, 5.74) is 0.689. The first-order valence-corrected chi connectivity index (χ1v) is 12.2. The Kier molecular flexibility index (Phi) is 6.43. The maximum absolute atomic E-state index is 13.8. The van der Waals surface area contributed by atoms with Gasteiger partial charge in [0.2, 0.25) is 5.75 Å². The SMILES string of the molecule is CC1=C(C(=O)Nc2ccccc2)[C@@H](c2ccc(F)cc2)n2c(sc(=Cc3cccc([N+](=O)[O-])c3O)c2=O)=N1. The van der Waals surface area contributed by atoms with Crippen LogP contribution in [0.1, 0.15) is 24.1 Å². The highest BCUT2D eigenvalue weighted by Crippen LogP contribution is 2.32. The number of thiazole rings is 1. The molecule has 2 heterocycles. The molecule has 190 valence electrons. The third-order valence-corrected chi connectivity index (χ3v) is 7.00. The Bertz CT molecular complexity index is 1790. The van der Waals surface area contributed by atoms with Gasteiger partial charge in [0.15, 0.2) is 4.80 Å². The second kappa shape index (κ2) is 9.87. The Hall–Kier alpha value is -4.90. The summed E-state index contributed by atoms with van der Waals surface area (Å²) in [6.07, 6.45) is 1.34. The minimum Gasteiger partial charge on any atom is -0.502 e. The monoisotopic (exact) mass is 530 g/mol. The fourth-order valence-electron chi connectivity index (χ4n) is 4.25. The van der Waals surface area contributed by atoms with Gasteiger partial charge in [-0.15, -0.1) is 0 Å². The van der Waals surface area contributed by atoms with Crippen molar-refractivity contribution in [3.05, 3.63) is 131 Å². The molecule has 1 atom stereocenters. The van der Waals surface area contributed by atoms with Crippen molar-refractivity contribution < 1.29 is 19.2 Å². The van der Waals surface area contributed by atoms with Crippen LogP contribution in [-0.2, 0) is 4.79 Å². The number of nitro groups is 1. The Labute approximate surface area is 218 Å². The number of carbonyl (C=O) groups is 1. The van der Waals surface area contributed by atoms with Gasteiger partial charge in [0.05, 0.1) is 26.8 Å². The number of allylic oxidation sites excluding steroid dienone is 1. The summed E-state index contributed by atoms with van der Waals surface area (Å²) >= 11 is 1.01. The number of anilines is 1. The fraction of sp³-hybridized carbons (Fsp3) is 0.0741. The number of fused-ring (bicyclic) bond motifs is 1. The van der Waals surface area contributed by atoms with E-state index in [9.17, 15) is 29.2 Å². The molecule has 38 heavy (non-hydrogen) atoms. The molecule has 1 aromatic heterocycles. The number of para-hydroxylation sites is 2. The Morgan fingerprint density at radius 3 is 2.53 bits per heavy atom. The van der Waals surface area contributed by atoms with Crippen LogP contribution in [-0.4, -0.2) is 20.5 Å². The molecule has 0 saturated carbocycles. The van der Waals surface area contributed by atoms with E-state index in [1.165, 1.54) is 47.0 Å². The van der Waals surface area contributed by atoms with E-state index in [0.29, 0.717) is 16.9 Å². The van der Waals surface area contributed by atoms with Crippen LogP contribution in [0.5, 0.6) is 5.75 Å². The second-order valence-corrected chi connectivity index (χ2v) is 9.43. The lowest BCUT2D eigenvalue weighted by Crippen LogP contribution is -2.40. The number of aromatic nitrogens is 1. The molecule has 0 radical (unpaired) electrons. The number of carbonyl (C=O) groups excluding carboxylic acids is 1. The van der Waals surface area contributed by atoms with E-state index in [1.54, 1.807) is 31.2 Å². The summed E-state index contributed by atoms with van der Waals surface area (Å²) in [7, 11) is 0. The fourth-order valence-corrected chi connectivity index (χ4v) is 5.28. The van der Waals surface area contributed by atoms with Crippen molar-refractivity contribution in [2.24, 2.45) is 4.99 Å². The van der Waals surface area contributed by atoms with Crippen LogP contribution in [0.4, 0.5) is 15.8 Å².